The van der Waals surface area contributed by atoms with Crippen LogP contribution in [0.1, 0.15) is 36.2 Å². The molecule has 0 spiro atoms. The number of hydrogen-bond acceptors (Lipinski definition) is 5. The molecule has 2 aliphatic heterocycles. The van der Waals surface area contributed by atoms with Gasteiger partial charge in [-0.2, -0.15) is 9.78 Å². The average Bonchev–Trinajstić information content (AvgIpc) is 3.50. The molecular formula is C22H26N4O4. The minimum Gasteiger partial charge on any atom is -0.490 e. The third-order valence-corrected chi connectivity index (χ3v) is 6.57. The summed E-state index contributed by atoms with van der Waals surface area (Å²) in [7, 11) is 0. The molecule has 8 nitrogen and oxygen atoms in total. The summed E-state index contributed by atoms with van der Waals surface area (Å²) in [4.78, 5) is 27.8. The molecule has 1 aromatic carbocycles. The van der Waals surface area contributed by atoms with Gasteiger partial charge in [-0.3, -0.25) is 0 Å². The summed E-state index contributed by atoms with van der Waals surface area (Å²) in [5.41, 5.74) is 1.12. The normalized spacial score (nSPS) is 25.5. The van der Waals surface area contributed by atoms with Gasteiger partial charge < -0.3 is 19.6 Å². The van der Waals surface area contributed by atoms with Crippen LogP contribution < -0.4 is 9.64 Å². The van der Waals surface area contributed by atoms with E-state index >= 15 is 0 Å². The summed E-state index contributed by atoms with van der Waals surface area (Å²) in [6.07, 6.45) is 5.96. The summed E-state index contributed by atoms with van der Waals surface area (Å²) >= 11 is 0. The zero-order valence-corrected chi connectivity index (χ0v) is 16.8. The summed E-state index contributed by atoms with van der Waals surface area (Å²) in [5, 5.41) is 12.8. The largest absolute Gasteiger partial charge is 0.490 e. The number of nitrogens with zero attached hydrogens (tertiary/aromatic N) is 4. The van der Waals surface area contributed by atoms with Crippen molar-refractivity contribution < 1.29 is 19.4 Å². The number of ether oxygens (including phenoxy) is 1. The molecule has 0 bridgehead atoms. The van der Waals surface area contributed by atoms with Gasteiger partial charge in [-0.25, -0.2) is 9.59 Å². The van der Waals surface area contributed by atoms with Crippen molar-refractivity contribution in [1.29, 1.82) is 0 Å². The van der Waals surface area contributed by atoms with Crippen molar-refractivity contribution in [1.82, 2.24) is 14.7 Å². The molecule has 1 amide bonds. The first-order valence-corrected chi connectivity index (χ1v) is 10.7. The lowest BCUT2D eigenvalue weighted by Crippen LogP contribution is -2.34. The lowest BCUT2D eigenvalue weighted by molar-refractivity contribution is 0.0690. The van der Waals surface area contributed by atoms with Gasteiger partial charge in [0, 0.05) is 44.1 Å². The molecule has 1 aromatic heterocycles. The number of carboxylic acids is 1. The topological polar surface area (TPSA) is 87.9 Å². The van der Waals surface area contributed by atoms with E-state index in [1.165, 1.54) is 30.8 Å². The highest BCUT2D eigenvalue weighted by Gasteiger charge is 2.43. The van der Waals surface area contributed by atoms with E-state index < -0.39 is 5.97 Å². The molecule has 0 radical (unpaired) electrons. The van der Waals surface area contributed by atoms with Crippen molar-refractivity contribution in [3.8, 4) is 5.75 Å². The van der Waals surface area contributed by atoms with Crippen LogP contribution in [0.25, 0.3) is 0 Å². The van der Waals surface area contributed by atoms with Crippen molar-refractivity contribution in [2.45, 2.75) is 31.8 Å². The Morgan fingerprint density at radius 3 is 2.47 bits per heavy atom. The van der Waals surface area contributed by atoms with Gasteiger partial charge in [-0.05, 0) is 55.7 Å². The van der Waals surface area contributed by atoms with Crippen LogP contribution in [0.2, 0.25) is 0 Å². The maximum absolute atomic E-state index is 12.6. The van der Waals surface area contributed by atoms with Crippen molar-refractivity contribution in [2.24, 2.45) is 11.8 Å². The third-order valence-electron chi connectivity index (χ3n) is 6.57. The summed E-state index contributed by atoms with van der Waals surface area (Å²) in [5.74, 6) is 0.620. The Hall–Kier alpha value is -3.03. The lowest BCUT2D eigenvalue weighted by atomic mass is 10.0. The van der Waals surface area contributed by atoms with Gasteiger partial charge in [-0.15, -0.1) is 0 Å². The predicted octanol–water partition coefficient (Wildman–Crippen LogP) is 2.94. The number of aromatic carboxylic acids is 1. The standard InChI is InChI=1S/C22H26N4O4/c27-21(28)20-6-9-26(23-20)22(29)25-13-15-10-19(11-16(15)14-25)30-18-5-3-4-17(12-18)24-7-1-2-8-24/h3-6,9,12,15-16,19H,1-2,7-8,10-11,13-14H2,(H,27,28)/t15-,16+,19+. The van der Waals surface area contributed by atoms with Gasteiger partial charge in [0.1, 0.15) is 5.75 Å². The number of carbonyl (C=O) groups excluding carboxylic acids is 1. The molecule has 5 rings (SSSR count). The zero-order chi connectivity index (χ0) is 20.7. The predicted molar refractivity (Wildman–Crippen MR) is 110 cm³/mol. The Bertz CT molecular complexity index is 938. The first-order valence-electron chi connectivity index (χ1n) is 10.7. The van der Waals surface area contributed by atoms with Crippen molar-refractivity contribution in [2.75, 3.05) is 31.1 Å². The molecule has 2 saturated heterocycles. The highest BCUT2D eigenvalue weighted by atomic mass is 16.5. The summed E-state index contributed by atoms with van der Waals surface area (Å²) in [6.45, 7) is 3.56. The van der Waals surface area contributed by atoms with Gasteiger partial charge in [0.25, 0.3) is 0 Å². The Balaban J connectivity index is 1.17. The highest BCUT2D eigenvalue weighted by molar-refractivity contribution is 5.86. The monoisotopic (exact) mass is 410 g/mol. The van der Waals surface area contributed by atoms with E-state index in [4.69, 9.17) is 9.84 Å². The number of likely N-dealkylation sites (tertiary alicyclic amines) is 1. The van der Waals surface area contributed by atoms with Crippen LogP contribution >= 0.6 is 0 Å². The fourth-order valence-electron chi connectivity index (χ4n) is 5.11. The van der Waals surface area contributed by atoms with Gasteiger partial charge in [0.2, 0.25) is 0 Å². The van der Waals surface area contributed by atoms with Crippen LogP contribution in [0.3, 0.4) is 0 Å². The number of hydrogen-bond donors (Lipinski definition) is 1. The average molecular weight is 410 g/mol. The number of fused-ring (bicyclic) bond motifs is 1. The molecule has 3 heterocycles. The Kier molecular flexibility index (Phi) is 4.84. The molecule has 1 N–H and O–H groups in total. The van der Waals surface area contributed by atoms with Crippen LogP contribution in [0.4, 0.5) is 10.5 Å². The van der Waals surface area contributed by atoms with Gasteiger partial charge >= 0.3 is 12.0 Å². The number of amides is 1. The number of carboxylic acid groups (broad SMARTS) is 1. The molecule has 1 saturated carbocycles. The van der Waals surface area contributed by atoms with E-state index in [0.717, 1.165) is 36.4 Å². The number of anilines is 1. The van der Waals surface area contributed by atoms with E-state index in [0.29, 0.717) is 24.9 Å². The first-order chi connectivity index (χ1) is 14.6. The Morgan fingerprint density at radius 2 is 1.80 bits per heavy atom. The molecule has 3 atom stereocenters. The summed E-state index contributed by atoms with van der Waals surface area (Å²) in [6, 6.07) is 9.48. The van der Waals surface area contributed by atoms with E-state index in [1.807, 2.05) is 6.07 Å². The molecule has 3 fully saturated rings. The van der Waals surface area contributed by atoms with Crippen molar-refractivity contribution in [3.05, 3.63) is 42.2 Å². The third kappa shape index (κ3) is 3.62. The highest BCUT2D eigenvalue weighted by Crippen LogP contribution is 2.40. The summed E-state index contributed by atoms with van der Waals surface area (Å²) < 4.78 is 7.44. The molecule has 30 heavy (non-hydrogen) atoms. The second kappa shape index (κ2) is 7.66. The number of rotatable bonds is 4. The van der Waals surface area contributed by atoms with Gasteiger partial charge in [0.05, 0.1) is 6.10 Å². The van der Waals surface area contributed by atoms with Gasteiger partial charge in [0.15, 0.2) is 5.69 Å². The first kappa shape index (κ1) is 19.0. The van der Waals surface area contributed by atoms with Crippen LogP contribution in [-0.4, -0.2) is 64.1 Å². The van der Waals surface area contributed by atoms with Crippen LogP contribution in [-0.2, 0) is 0 Å². The molecular weight excluding hydrogens is 384 g/mol. The van der Waals surface area contributed by atoms with Gasteiger partial charge in [-0.1, -0.05) is 6.07 Å². The van der Waals surface area contributed by atoms with Crippen LogP contribution in [0.5, 0.6) is 5.75 Å². The molecule has 2 aromatic rings. The smallest absolute Gasteiger partial charge is 0.356 e. The van der Waals surface area contributed by atoms with E-state index in [9.17, 15) is 9.59 Å². The minimum absolute atomic E-state index is 0.118. The number of benzene rings is 1. The van der Waals surface area contributed by atoms with Crippen LogP contribution in [0.15, 0.2) is 36.5 Å². The Morgan fingerprint density at radius 1 is 1.07 bits per heavy atom. The minimum atomic E-state index is -1.13. The quantitative estimate of drug-likeness (QED) is 0.834. The maximum Gasteiger partial charge on any atom is 0.356 e. The lowest BCUT2D eigenvalue weighted by Gasteiger charge is -2.21. The van der Waals surface area contributed by atoms with Crippen LogP contribution in [0, 0.1) is 11.8 Å². The fraction of sp³-hybridized carbons (Fsp3) is 0.500. The number of aromatic nitrogens is 2. The van der Waals surface area contributed by atoms with Crippen molar-refractivity contribution in [3.63, 3.8) is 0 Å². The zero-order valence-electron chi connectivity index (χ0n) is 16.8. The van der Waals surface area contributed by atoms with Crippen molar-refractivity contribution >= 4 is 17.7 Å². The molecule has 3 aliphatic rings. The number of carbonyl (C=O) groups is 2. The molecule has 158 valence electrons. The van der Waals surface area contributed by atoms with E-state index in [1.54, 1.807) is 4.90 Å². The Labute approximate surface area is 175 Å². The van der Waals surface area contributed by atoms with E-state index in [2.05, 4.69) is 28.2 Å². The fourth-order valence-corrected chi connectivity index (χ4v) is 5.11. The second-order valence-electron chi connectivity index (χ2n) is 8.56. The molecule has 1 aliphatic carbocycles. The molecule has 0 unspecified atom stereocenters. The SMILES string of the molecule is O=C(O)c1ccn(C(=O)N2C[C@H]3C[C@H](Oc4cccc(N5CCCC5)c4)C[C@H]3C2)n1. The second-order valence-corrected chi connectivity index (χ2v) is 8.56. The van der Waals surface area contributed by atoms with E-state index in [-0.39, 0.29) is 17.8 Å². The maximum atomic E-state index is 12.6. The molecule has 8 heteroatoms.